The summed E-state index contributed by atoms with van der Waals surface area (Å²) in [7, 11) is 0. The van der Waals surface area contributed by atoms with Crippen molar-refractivity contribution in [2.75, 3.05) is 19.6 Å². The van der Waals surface area contributed by atoms with Gasteiger partial charge in [-0.3, -0.25) is 19.7 Å². The van der Waals surface area contributed by atoms with Crippen LogP contribution in [0.3, 0.4) is 0 Å². The molecule has 1 aliphatic heterocycles. The lowest BCUT2D eigenvalue weighted by Gasteiger charge is -2.35. The number of hydrogen-bond acceptors (Lipinski definition) is 4. The van der Waals surface area contributed by atoms with Crippen LogP contribution in [0.4, 0.5) is 13.2 Å². The third-order valence-electron chi connectivity index (χ3n) is 5.59. The highest BCUT2D eigenvalue weighted by Gasteiger charge is 2.32. The molecule has 1 atom stereocenters. The Labute approximate surface area is 185 Å². The van der Waals surface area contributed by atoms with Crippen molar-refractivity contribution in [3.63, 3.8) is 0 Å². The first-order valence-electron chi connectivity index (χ1n) is 10.6. The summed E-state index contributed by atoms with van der Waals surface area (Å²) in [6.07, 6.45) is 3.16. The predicted octanol–water partition coefficient (Wildman–Crippen LogP) is 4.91. The quantitative estimate of drug-likeness (QED) is 0.618. The third-order valence-corrected chi connectivity index (χ3v) is 5.59. The number of allylic oxidation sites excluding steroid dienone is 2. The number of carbonyl (C=O) groups excluding carboxylic acids is 1. The van der Waals surface area contributed by atoms with E-state index in [1.165, 1.54) is 6.21 Å². The van der Waals surface area contributed by atoms with Gasteiger partial charge in [-0.1, -0.05) is 31.2 Å². The maximum atomic E-state index is 13.0. The number of nitrogens with zero attached hydrogens (tertiary/aromatic N) is 3. The van der Waals surface area contributed by atoms with Gasteiger partial charge in [-0.05, 0) is 56.6 Å². The summed E-state index contributed by atoms with van der Waals surface area (Å²) in [4.78, 5) is 23.0. The molecule has 3 rings (SSSR count). The summed E-state index contributed by atoms with van der Waals surface area (Å²) in [6, 6.07) is 8.68. The largest absolute Gasteiger partial charge is 0.432 e. The van der Waals surface area contributed by atoms with Crippen LogP contribution in [0.25, 0.3) is 10.9 Å². The highest BCUT2D eigenvalue weighted by atomic mass is 19.4. The Morgan fingerprint density at radius 1 is 1.25 bits per heavy atom. The normalized spacial score (nSPS) is 16.9. The lowest BCUT2D eigenvalue weighted by atomic mass is 10.0. The minimum Gasteiger partial charge on any atom is -0.350 e. The average Bonchev–Trinajstić information content (AvgIpc) is 2.80. The van der Waals surface area contributed by atoms with Gasteiger partial charge in [-0.25, -0.2) is 0 Å². The fourth-order valence-electron chi connectivity index (χ4n) is 3.85. The number of fused-ring (bicyclic) bond motifs is 1. The van der Waals surface area contributed by atoms with Crippen LogP contribution in [0, 0.1) is 0 Å². The van der Waals surface area contributed by atoms with Gasteiger partial charge in [0.25, 0.3) is 5.91 Å². The molecule has 1 N–H and O–H groups in total. The zero-order chi connectivity index (χ0) is 23.1. The van der Waals surface area contributed by atoms with Crippen LogP contribution >= 0.6 is 0 Å². The number of pyridine rings is 1. The molecule has 170 valence electrons. The van der Waals surface area contributed by atoms with E-state index >= 15 is 0 Å². The van der Waals surface area contributed by atoms with Crippen LogP contribution in [-0.4, -0.2) is 53.9 Å². The van der Waals surface area contributed by atoms with E-state index in [1.54, 1.807) is 37.4 Å². The number of nitrogens with one attached hydrogen (secondary N) is 1. The zero-order valence-electron chi connectivity index (χ0n) is 18.0. The van der Waals surface area contributed by atoms with Gasteiger partial charge in [0.15, 0.2) is 0 Å². The predicted molar refractivity (Wildman–Crippen MR) is 121 cm³/mol. The second-order valence-electron chi connectivity index (χ2n) is 7.69. The van der Waals surface area contributed by atoms with Gasteiger partial charge in [0.1, 0.15) is 5.70 Å². The molecule has 1 aromatic carbocycles. The molecule has 2 heterocycles. The Balaban J connectivity index is 1.80. The summed E-state index contributed by atoms with van der Waals surface area (Å²) in [5.74, 6) is -0.252. The van der Waals surface area contributed by atoms with Crippen molar-refractivity contribution < 1.29 is 18.0 Å². The number of carbonyl (C=O) groups is 1. The van der Waals surface area contributed by atoms with Gasteiger partial charge < -0.3 is 5.32 Å². The van der Waals surface area contributed by atoms with Crippen molar-refractivity contribution in [3.8, 4) is 0 Å². The summed E-state index contributed by atoms with van der Waals surface area (Å²) in [6.45, 7) is 6.63. The van der Waals surface area contributed by atoms with Gasteiger partial charge in [0, 0.05) is 29.9 Å². The van der Waals surface area contributed by atoms with E-state index in [-0.39, 0.29) is 18.5 Å². The molecule has 2 aromatic rings. The van der Waals surface area contributed by atoms with Crippen LogP contribution in [0.5, 0.6) is 0 Å². The average molecular weight is 445 g/mol. The molecule has 1 saturated heterocycles. The number of benzene rings is 1. The number of amides is 1. The first kappa shape index (κ1) is 23.7. The third kappa shape index (κ3) is 5.82. The Bertz CT molecular complexity index is 1020. The van der Waals surface area contributed by atoms with Crippen molar-refractivity contribution in [2.45, 2.75) is 38.4 Å². The molecule has 5 nitrogen and oxygen atoms in total. The van der Waals surface area contributed by atoms with Crippen molar-refractivity contribution in [2.24, 2.45) is 4.99 Å². The van der Waals surface area contributed by atoms with Crippen LogP contribution in [-0.2, 0) is 0 Å². The van der Waals surface area contributed by atoms with Gasteiger partial charge in [-0.2, -0.15) is 13.2 Å². The van der Waals surface area contributed by atoms with Crippen LogP contribution in [0.15, 0.2) is 65.4 Å². The second kappa shape index (κ2) is 10.5. The number of rotatable bonds is 7. The Morgan fingerprint density at radius 3 is 2.69 bits per heavy atom. The van der Waals surface area contributed by atoms with Gasteiger partial charge in [0.05, 0.1) is 11.6 Å². The van der Waals surface area contributed by atoms with Crippen molar-refractivity contribution >= 4 is 23.0 Å². The SMILES string of the molecule is C=C(N=C/C(=C\C)C(CNC(=O)c1cccc2ncccc12)N1CCCCC1)C(F)(F)F. The molecule has 1 fully saturated rings. The number of piperidine rings is 1. The minimum atomic E-state index is -4.58. The molecule has 0 radical (unpaired) electrons. The van der Waals surface area contributed by atoms with E-state index in [4.69, 9.17) is 0 Å². The molecule has 0 aliphatic carbocycles. The summed E-state index contributed by atoms with van der Waals surface area (Å²) in [5.41, 5.74) is 0.688. The number of likely N-dealkylation sites (tertiary alicyclic amines) is 1. The molecule has 0 saturated carbocycles. The molecule has 1 amide bonds. The van der Waals surface area contributed by atoms with Crippen LogP contribution < -0.4 is 5.32 Å². The summed E-state index contributed by atoms with van der Waals surface area (Å²) in [5, 5.41) is 3.71. The molecular formula is C24H27F3N4O. The standard InChI is InChI=1S/C24H27F3N4O/c1-3-18(15-29-17(2)24(25,26)27)22(31-13-5-4-6-14-31)16-30-23(32)20-9-7-11-21-19(20)10-8-12-28-21/h3,7-12,15,22H,2,4-6,13-14,16H2,1H3,(H,30,32)/b18-3+,29-15?. The lowest BCUT2D eigenvalue weighted by Crippen LogP contribution is -2.47. The fourth-order valence-corrected chi connectivity index (χ4v) is 3.85. The highest BCUT2D eigenvalue weighted by molar-refractivity contribution is 6.06. The first-order chi connectivity index (χ1) is 15.3. The molecule has 0 spiro atoms. The van der Waals surface area contributed by atoms with Crippen LogP contribution in [0.2, 0.25) is 0 Å². The van der Waals surface area contributed by atoms with E-state index in [2.05, 4.69) is 26.8 Å². The van der Waals surface area contributed by atoms with Gasteiger partial charge in [0.2, 0.25) is 0 Å². The van der Waals surface area contributed by atoms with Crippen LogP contribution in [0.1, 0.15) is 36.5 Å². The highest BCUT2D eigenvalue weighted by Crippen LogP contribution is 2.25. The number of aromatic nitrogens is 1. The lowest BCUT2D eigenvalue weighted by molar-refractivity contribution is -0.0918. The monoisotopic (exact) mass is 444 g/mol. The maximum Gasteiger partial charge on any atom is 0.432 e. The number of aliphatic imine (C=N–C) groups is 1. The van der Waals surface area contributed by atoms with E-state index in [0.717, 1.165) is 43.3 Å². The molecule has 1 aliphatic rings. The van der Waals surface area contributed by atoms with Crippen molar-refractivity contribution in [3.05, 3.63) is 66.0 Å². The number of alkyl halides is 3. The molecule has 0 bridgehead atoms. The molecule has 8 heteroatoms. The topological polar surface area (TPSA) is 57.6 Å². The van der Waals surface area contributed by atoms with Gasteiger partial charge >= 0.3 is 6.18 Å². The number of hydrogen-bond donors (Lipinski definition) is 1. The Kier molecular flexibility index (Phi) is 7.80. The second-order valence-corrected chi connectivity index (χ2v) is 7.69. The Morgan fingerprint density at radius 2 is 2.00 bits per heavy atom. The van der Waals surface area contributed by atoms with Crippen molar-refractivity contribution in [1.82, 2.24) is 15.2 Å². The van der Waals surface area contributed by atoms with Gasteiger partial charge in [-0.15, -0.1) is 0 Å². The maximum absolute atomic E-state index is 13.0. The molecule has 1 aromatic heterocycles. The van der Waals surface area contributed by atoms with Crippen molar-refractivity contribution in [1.29, 1.82) is 0 Å². The summed E-state index contributed by atoms with van der Waals surface area (Å²) < 4.78 is 38.5. The molecule has 32 heavy (non-hydrogen) atoms. The zero-order valence-corrected chi connectivity index (χ0v) is 18.0. The first-order valence-corrected chi connectivity index (χ1v) is 10.6. The Hall–Kier alpha value is -3.00. The van der Waals surface area contributed by atoms with E-state index in [0.29, 0.717) is 11.1 Å². The van der Waals surface area contributed by atoms with E-state index < -0.39 is 11.9 Å². The molecular weight excluding hydrogens is 417 g/mol. The minimum absolute atomic E-state index is 0.250. The smallest absolute Gasteiger partial charge is 0.350 e. The number of halogens is 3. The fraction of sp³-hybridized carbons (Fsp3) is 0.375. The summed E-state index contributed by atoms with van der Waals surface area (Å²) >= 11 is 0. The molecule has 1 unspecified atom stereocenters. The van der Waals surface area contributed by atoms with E-state index in [9.17, 15) is 18.0 Å². The van der Waals surface area contributed by atoms with E-state index in [1.807, 2.05) is 12.1 Å².